The maximum Gasteiger partial charge on any atom is 0.231 e. The van der Waals surface area contributed by atoms with Crippen molar-refractivity contribution in [3.05, 3.63) is 47.4 Å². The quantitative estimate of drug-likeness (QED) is 0.940. The lowest BCUT2D eigenvalue weighted by atomic mass is 9.97. The highest BCUT2D eigenvalue weighted by molar-refractivity contribution is 5.18. The molecule has 0 aliphatic carbocycles. The molecule has 2 unspecified atom stereocenters. The first kappa shape index (κ1) is 15.1. The third-order valence-electron chi connectivity index (χ3n) is 4.08. The molecule has 1 aliphatic heterocycles. The molecular weight excluding hydrogens is 285 g/mol. The van der Waals surface area contributed by atoms with Gasteiger partial charge in [-0.2, -0.15) is 4.98 Å². The Balaban J connectivity index is 1.61. The van der Waals surface area contributed by atoms with Gasteiger partial charge in [-0.25, -0.2) is 4.39 Å². The van der Waals surface area contributed by atoms with Crippen molar-refractivity contribution in [2.75, 3.05) is 19.6 Å². The molecule has 1 N–H and O–H groups in total. The van der Waals surface area contributed by atoms with E-state index in [2.05, 4.69) is 15.0 Å². The van der Waals surface area contributed by atoms with Crippen LogP contribution in [0, 0.1) is 12.7 Å². The largest absolute Gasteiger partial charge is 0.387 e. The number of piperidine rings is 1. The number of hydrogen-bond acceptors (Lipinski definition) is 5. The van der Waals surface area contributed by atoms with E-state index in [0.717, 1.165) is 31.5 Å². The molecule has 1 aromatic carbocycles. The molecule has 2 heterocycles. The van der Waals surface area contributed by atoms with Gasteiger partial charge in [-0.1, -0.05) is 17.3 Å². The summed E-state index contributed by atoms with van der Waals surface area (Å²) in [7, 11) is 0. The second kappa shape index (κ2) is 6.54. The molecule has 3 rings (SSSR count). The van der Waals surface area contributed by atoms with Gasteiger partial charge >= 0.3 is 0 Å². The molecule has 22 heavy (non-hydrogen) atoms. The van der Waals surface area contributed by atoms with E-state index in [9.17, 15) is 9.50 Å². The Labute approximate surface area is 128 Å². The van der Waals surface area contributed by atoms with Gasteiger partial charge in [0.1, 0.15) is 5.82 Å². The maximum absolute atomic E-state index is 12.9. The smallest absolute Gasteiger partial charge is 0.231 e. The van der Waals surface area contributed by atoms with Gasteiger partial charge in [0.05, 0.1) is 12.0 Å². The summed E-state index contributed by atoms with van der Waals surface area (Å²) < 4.78 is 18.2. The normalized spacial score (nSPS) is 21.0. The average molecular weight is 305 g/mol. The highest BCUT2D eigenvalue weighted by Gasteiger charge is 2.26. The zero-order valence-corrected chi connectivity index (χ0v) is 12.6. The molecule has 1 fully saturated rings. The molecule has 1 aliphatic rings. The number of likely N-dealkylation sites (tertiary alicyclic amines) is 1. The van der Waals surface area contributed by atoms with Crippen molar-refractivity contribution in [1.82, 2.24) is 15.0 Å². The van der Waals surface area contributed by atoms with Crippen LogP contribution in [-0.4, -0.2) is 39.8 Å². The summed E-state index contributed by atoms with van der Waals surface area (Å²) in [5.74, 6) is 1.26. The van der Waals surface area contributed by atoms with Crippen LogP contribution in [0.2, 0.25) is 0 Å². The molecule has 0 amide bonds. The van der Waals surface area contributed by atoms with Crippen molar-refractivity contribution in [2.24, 2.45) is 0 Å². The number of nitrogens with zero attached hydrogens (tertiary/aromatic N) is 3. The molecular formula is C16H20FN3O2. The molecule has 5 nitrogen and oxygen atoms in total. The van der Waals surface area contributed by atoms with Gasteiger partial charge in [-0.15, -0.1) is 0 Å². The lowest BCUT2D eigenvalue weighted by Gasteiger charge is -2.32. The molecule has 1 saturated heterocycles. The highest BCUT2D eigenvalue weighted by atomic mass is 19.1. The first-order chi connectivity index (χ1) is 10.6. The maximum atomic E-state index is 12.9. The SMILES string of the molecule is Cc1noc(C2CCCN(CC(O)c3ccc(F)cc3)C2)n1. The van der Waals surface area contributed by atoms with Crippen molar-refractivity contribution in [2.45, 2.75) is 31.8 Å². The Bertz CT molecular complexity index is 614. The molecule has 0 bridgehead atoms. The number of aromatic nitrogens is 2. The Morgan fingerprint density at radius 2 is 2.18 bits per heavy atom. The summed E-state index contributed by atoms with van der Waals surface area (Å²) in [6, 6.07) is 6.00. The van der Waals surface area contributed by atoms with E-state index >= 15 is 0 Å². The molecule has 0 saturated carbocycles. The van der Waals surface area contributed by atoms with Crippen LogP contribution in [0.4, 0.5) is 4.39 Å². The minimum atomic E-state index is -0.622. The van der Waals surface area contributed by atoms with E-state index in [1.807, 2.05) is 6.92 Å². The lowest BCUT2D eigenvalue weighted by molar-refractivity contribution is 0.0910. The second-order valence-corrected chi connectivity index (χ2v) is 5.85. The fourth-order valence-electron chi connectivity index (χ4n) is 2.94. The van der Waals surface area contributed by atoms with Crippen LogP contribution in [0.15, 0.2) is 28.8 Å². The van der Waals surface area contributed by atoms with E-state index in [0.29, 0.717) is 18.3 Å². The predicted octanol–water partition coefficient (Wildman–Crippen LogP) is 2.43. The van der Waals surface area contributed by atoms with Crippen LogP contribution in [0.3, 0.4) is 0 Å². The summed E-state index contributed by atoms with van der Waals surface area (Å²) >= 11 is 0. The number of aryl methyl sites for hydroxylation is 1. The standard InChI is InChI=1S/C16H20FN3O2/c1-11-18-16(22-19-11)13-3-2-8-20(9-13)10-15(21)12-4-6-14(17)7-5-12/h4-7,13,15,21H,2-3,8-10H2,1H3. The fraction of sp³-hybridized carbons (Fsp3) is 0.500. The molecule has 2 aromatic rings. The van der Waals surface area contributed by atoms with E-state index in [4.69, 9.17) is 4.52 Å². The first-order valence-electron chi connectivity index (χ1n) is 7.58. The zero-order chi connectivity index (χ0) is 15.5. The Morgan fingerprint density at radius 1 is 1.41 bits per heavy atom. The van der Waals surface area contributed by atoms with Gasteiger partial charge in [-0.05, 0) is 44.0 Å². The number of halogens is 1. The molecule has 6 heteroatoms. The van der Waals surface area contributed by atoms with Crippen molar-refractivity contribution >= 4 is 0 Å². The summed E-state index contributed by atoms with van der Waals surface area (Å²) in [5.41, 5.74) is 0.733. The zero-order valence-electron chi connectivity index (χ0n) is 12.6. The number of hydrogen-bond donors (Lipinski definition) is 1. The predicted molar refractivity (Wildman–Crippen MR) is 78.8 cm³/mol. The number of aliphatic hydroxyl groups excluding tert-OH is 1. The molecule has 2 atom stereocenters. The monoisotopic (exact) mass is 305 g/mol. The summed E-state index contributed by atoms with van der Waals surface area (Å²) in [5, 5.41) is 14.2. The van der Waals surface area contributed by atoms with Gasteiger partial charge in [0.25, 0.3) is 0 Å². The van der Waals surface area contributed by atoms with Crippen molar-refractivity contribution in [3.8, 4) is 0 Å². The van der Waals surface area contributed by atoms with Gasteiger partial charge in [-0.3, -0.25) is 4.90 Å². The topological polar surface area (TPSA) is 62.4 Å². The number of aliphatic hydroxyl groups is 1. The average Bonchev–Trinajstić information content (AvgIpc) is 2.95. The van der Waals surface area contributed by atoms with E-state index < -0.39 is 6.10 Å². The van der Waals surface area contributed by atoms with Crippen LogP contribution in [0.25, 0.3) is 0 Å². The van der Waals surface area contributed by atoms with Crippen molar-refractivity contribution < 1.29 is 14.0 Å². The van der Waals surface area contributed by atoms with Crippen molar-refractivity contribution in [3.63, 3.8) is 0 Å². The van der Waals surface area contributed by atoms with E-state index in [-0.39, 0.29) is 11.7 Å². The molecule has 0 spiro atoms. The minimum absolute atomic E-state index is 0.218. The van der Waals surface area contributed by atoms with E-state index in [1.165, 1.54) is 12.1 Å². The summed E-state index contributed by atoms with van der Waals surface area (Å²) in [4.78, 5) is 6.50. The minimum Gasteiger partial charge on any atom is -0.387 e. The molecule has 118 valence electrons. The van der Waals surface area contributed by atoms with Gasteiger partial charge in [0.2, 0.25) is 5.89 Å². The molecule has 0 radical (unpaired) electrons. The van der Waals surface area contributed by atoms with Gasteiger partial charge in [0.15, 0.2) is 5.82 Å². The van der Waals surface area contributed by atoms with E-state index in [1.54, 1.807) is 12.1 Å². The van der Waals surface area contributed by atoms with Crippen LogP contribution in [0.1, 0.15) is 42.1 Å². The summed E-state index contributed by atoms with van der Waals surface area (Å²) in [6.45, 7) is 4.06. The van der Waals surface area contributed by atoms with Crippen LogP contribution in [0.5, 0.6) is 0 Å². The Hall–Kier alpha value is -1.79. The second-order valence-electron chi connectivity index (χ2n) is 5.85. The number of β-amino-alcohol motifs (C(OH)–C–C–N with tert-alkyl or cyclic N) is 1. The molecule has 1 aromatic heterocycles. The third kappa shape index (κ3) is 3.51. The van der Waals surface area contributed by atoms with Crippen molar-refractivity contribution in [1.29, 1.82) is 0 Å². The van der Waals surface area contributed by atoms with Crippen LogP contribution < -0.4 is 0 Å². The third-order valence-corrected chi connectivity index (χ3v) is 4.08. The number of rotatable bonds is 4. The first-order valence-corrected chi connectivity index (χ1v) is 7.58. The van der Waals surface area contributed by atoms with Gasteiger partial charge < -0.3 is 9.63 Å². The van der Waals surface area contributed by atoms with Gasteiger partial charge in [0, 0.05) is 13.1 Å². The fourth-order valence-corrected chi connectivity index (χ4v) is 2.94. The number of benzene rings is 1. The highest BCUT2D eigenvalue weighted by Crippen LogP contribution is 2.27. The van der Waals surface area contributed by atoms with Crippen LogP contribution in [-0.2, 0) is 0 Å². The van der Waals surface area contributed by atoms with Crippen LogP contribution >= 0.6 is 0 Å². The Morgan fingerprint density at radius 3 is 2.86 bits per heavy atom. The Kier molecular flexibility index (Phi) is 4.49. The summed E-state index contributed by atoms with van der Waals surface area (Å²) in [6.07, 6.45) is 1.43. The lowest BCUT2D eigenvalue weighted by Crippen LogP contribution is -2.37.